The van der Waals surface area contributed by atoms with E-state index in [0.717, 1.165) is 0 Å². The van der Waals surface area contributed by atoms with Gasteiger partial charge in [-0.1, -0.05) is 0 Å². The monoisotopic (exact) mass is 828 g/mol. The van der Waals surface area contributed by atoms with Gasteiger partial charge < -0.3 is 129 Å². The molecular weight excluding hydrogens is 776 g/mol. The lowest BCUT2D eigenvalue weighted by Crippen LogP contribution is -2.68. The maximum absolute atomic E-state index is 11.3. The van der Waals surface area contributed by atoms with Gasteiger partial charge >= 0.3 is 0 Å². The van der Waals surface area contributed by atoms with E-state index < -0.39 is 187 Å². The number of aliphatic hydroxyl groups excluding tert-OH is 17. The Bertz CT molecular complexity index is 1210. The summed E-state index contributed by atoms with van der Waals surface area (Å²) in [5.41, 5.74) is 0. The number of rotatable bonds is 13. The van der Waals surface area contributed by atoms with Crippen LogP contribution in [0, 0.1) is 0 Å². The average Bonchev–Trinajstić information content (AvgIpc) is 3.19. The summed E-state index contributed by atoms with van der Waals surface area (Å²) < 4.78 is 50.2. The minimum atomic E-state index is -2.16. The van der Waals surface area contributed by atoms with Crippen molar-refractivity contribution in [2.45, 2.75) is 154 Å². The second-order valence-electron chi connectivity index (χ2n) is 13.9. The number of hydrogen-bond donors (Lipinski definition) is 17. The van der Waals surface area contributed by atoms with Crippen LogP contribution in [0.15, 0.2) is 0 Å². The first kappa shape index (κ1) is 46.0. The molecule has 26 heteroatoms. The highest BCUT2D eigenvalue weighted by Gasteiger charge is 2.57. The van der Waals surface area contributed by atoms with Crippen LogP contribution in [-0.4, -0.2) is 273 Å². The normalized spacial score (nSPS) is 53.2. The SMILES string of the molecule is OCC1O[C@H](OC2[C@@H](OC3[C@@H](OC4[C@@H](OC5[C@@H](O)[C@H](O)C(CO)O[C@@H]5O)OC(CO)[C@@H](O)[C@@H]4O)OC(CO)[C@@H](O)[C@@H]3O)OC(CO)[C@@H](O)[C@@H]2O)C(O)[C@@H](O)[C@@H]1O. The minimum Gasteiger partial charge on any atom is -0.394 e. The van der Waals surface area contributed by atoms with E-state index in [1.165, 1.54) is 0 Å². The number of ether oxygens (including phenoxy) is 9. The Hall–Kier alpha value is -1.04. The van der Waals surface area contributed by atoms with Gasteiger partial charge in [0.25, 0.3) is 0 Å². The largest absolute Gasteiger partial charge is 0.394 e. The summed E-state index contributed by atoms with van der Waals surface area (Å²) in [5.74, 6) is 0. The quantitative estimate of drug-likeness (QED) is 0.0819. The first-order valence-corrected chi connectivity index (χ1v) is 17.6. The molecule has 5 fully saturated rings. The van der Waals surface area contributed by atoms with Gasteiger partial charge in [-0.15, -0.1) is 0 Å². The molecule has 0 radical (unpaired) electrons. The molecule has 0 amide bonds. The lowest BCUT2D eigenvalue weighted by Gasteiger charge is -2.50. The second-order valence-corrected chi connectivity index (χ2v) is 13.9. The van der Waals surface area contributed by atoms with Crippen LogP contribution in [-0.2, 0) is 42.6 Å². The Balaban J connectivity index is 1.45. The Morgan fingerprint density at radius 2 is 0.518 bits per heavy atom. The second kappa shape index (κ2) is 19.6. The highest BCUT2D eigenvalue weighted by Crippen LogP contribution is 2.36. The van der Waals surface area contributed by atoms with Crippen molar-refractivity contribution < 1.29 is 129 Å². The molecule has 17 N–H and O–H groups in total. The molecule has 0 saturated carbocycles. The zero-order chi connectivity index (χ0) is 41.3. The van der Waals surface area contributed by atoms with Gasteiger partial charge in [0, 0.05) is 0 Å². The number of aliphatic hydroxyl groups is 17. The Kier molecular flexibility index (Phi) is 16.1. The van der Waals surface area contributed by atoms with E-state index in [1.807, 2.05) is 0 Å². The van der Waals surface area contributed by atoms with Crippen molar-refractivity contribution in [3.05, 3.63) is 0 Å². The van der Waals surface area contributed by atoms with Crippen LogP contribution in [0.2, 0.25) is 0 Å². The summed E-state index contributed by atoms with van der Waals surface area (Å²) in [6.45, 7) is -4.60. The molecule has 0 spiro atoms. The van der Waals surface area contributed by atoms with Crippen LogP contribution in [0.5, 0.6) is 0 Å². The third-order valence-electron chi connectivity index (χ3n) is 10.3. The molecular formula is C30H52O26. The van der Waals surface area contributed by atoms with Crippen LogP contribution >= 0.6 is 0 Å². The smallest absolute Gasteiger partial charge is 0.187 e. The molecule has 5 heterocycles. The van der Waals surface area contributed by atoms with Crippen LogP contribution in [0.4, 0.5) is 0 Å². The van der Waals surface area contributed by atoms with Gasteiger partial charge in [0.15, 0.2) is 31.5 Å². The van der Waals surface area contributed by atoms with Gasteiger partial charge in [-0.25, -0.2) is 0 Å². The van der Waals surface area contributed by atoms with Crippen molar-refractivity contribution in [1.82, 2.24) is 0 Å². The summed E-state index contributed by atoms with van der Waals surface area (Å²) in [7, 11) is 0. The molecule has 5 rings (SSSR count). The van der Waals surface area contributed by atoms with E-state index in [4.69, 9.17) is 42.6 Å². The van der Waals surface area contributed by atoms with Crippen molar-refractivity contribution >= 4 is 0 Å². The third kappa shape index (κ3) is 9.16. The fraction of sp³-hybridized carbons (Fsp3) is 1.00. The van der Waals surface area contributed by atoms with Gasteiger partial charge in [-0.3, -0.25) is 0 Å². The Morgan fingerprint density at radius 1 is 0.268 bits per heavy atom. The fourth-order valence-corrected chi connectivity index (χ4v) is 6.95. The van der Waals surface area contributed by atoms with Crippen LogP contribution in [0.1, 0.15) is 0 Å². The lowest BCUT2D eigenvalue weighted by molar-refractivity contribution is -0.412. The van der Waals surface area contributed by atoms with Gasteiger partial charge in [-0.2, -0.15) is 0 Å². The molecule has 0 aliphatic carbocycles. The summed E-state index contributed by atoms with van der Waals surface area (Å²) in [4.78, 5) is 0. The van der Waals surface area contributed by atoms with Gasteiger partial charge in [0.1, 0.15) is 122 Å². The molecule has 0 aromatic rings. The van der Waals surface area contributed by atoms with E-state index >= 15 is 0 Å². The van der Waals surface area contributed by atoms with E-state index in [2.05, 4.69) is 0 Å². The van der Waals surface area contributed by atoms with Crippen LogP contribution < -0.4 is 0 Å². The lowest BCUT2D eigenvalue weighted by atomic mass is 9.95. The molecule has 5 saturated heterocycles. The molecule has 0 aromatic heterocycles. The molecule has 5 aliphatic heterocycles. The zero-order valence-corrected chi connectivity index (χ0v) is 29.2. The van der Waals surface area contributed by atoms with Gasteiger partial charge in [0.2, 0.25) is 0 Å². The average molecular weight is 829 g/mol. The van der Waals surface area contributed by atoms with E-state index in [0.29, 0.717) is 0 Å². The summed E-state index contributed by atoms with van der Waals surface area (Å²) in [6, 6.07) is 0. The fourth-order valence-electron chi connectivity index (χ4n) is 6.95. The summed E-state index contributed by atoms with van der Waals surface area (Å²) in [6.07, 6.45) is -48.2. The molecule has 25 atom stereocenters. The molecule has 0 aromatic carbocycles. The summed E-state index contributed by atoms with van der Waals surface area (Å²) in [5, 5.41) is 177. The van der Waals surface area contributed by atoms with Gasteiger partial charge in [-0.05, 0) is 0 Å². The molecule has 0 bridgehead atoms. The first-order valence-electron chi connectivity index (χ1n) is 17.6. The Morgan fingerprint density at radius 3 is 0.857 bits per heavy atom. The van der Waals surface area contributed by atoms with Crippen molar-refractivity contribution in [2.75, 3.05) is 33.0 Å². The number of hydrogen-bond acceptors (Lipinski definition) is 26. The minimum absolute atomic E-state index is 0.833. The van der Waals surface area contributed by atoms with E-state index in [1.54, 1.807) is 0 Å². The van der Waals surface area contributed by atoms with E-state index in [-0.39, 0.29) is 0 Å². The maximum atomic E-state index is 11.3. The molecule has 328 valence electrons. The van der Waals surface area contributed by atoms with Crippen LogP contribution in [0.3, 0.4) is 0 Å². The Labute approximate surface area is 316 Å². The molecule has 5 aliphatic rings. The van der Waals surface area contributed by atoms with Crippen LogP contribution in [0.25, 0.3) is 0 Å². The highest BCUT2D eigenvalue weighted by molar-refractivity contribution is 4.98. The third-order valence-corrected chi connectivity index (χ3v) is 10.3. The van der Waals surface area contributed by atoms with Crippen molar-refractivity contribution in [3.8, 4) is 0 Å². The standard InChI is InChI=1S/C30H52O26/c31-1-6-12(37)17(42)22(26(47)48-6)53-28-24(19(44)14(39)8(3-33)50-28)55-30-25(20(45)15(40)10(5-35)52-30)56-29-23(18(43)13(38)9(4-34)51-29)54-27-21(46)16(41)11(36)7(2-32)49-27/h6-47H,1-5H2/t6?,7?,8?,9?,10?,11-,12-,13-,14-,15-,16+,17+,18+,19+,20+,21?,22?,23?,24?,25?,26+,27-,28-,29-,30-/m1/s1. The van der Waals surface area contributed by atoms with Crippen molar-refractivity contribution in [3.63, 3.8) is 0 Å². The van der Waals surface area contributed by atoms with Crippen molar-refractivity contribution in [1.29, 1.82) is 0 Å². The molecule has 26 nitrogen and oxygen atoms in total. The topological polar surface area (TPSA) is 427 Å². The van der Waals surface area contributed by atoms with Gasteiger partial charge in [0.05, 0.1) is 33.0 Å². The first-order chi connectivity index (χ1) is 26.5. The van der Waals surface area contributed by atoms with E-state index in [9.17, 15) is 86.8 Å². The zero-order valence-electron chi connectivity index (χ0n) is 29.2. The highest BCUT2D eigenvalue weighted by atomic mass is 16.8. The maximum Gasteiger partial charge on any atom is 0.187 e. The predicted molar refractivity (Wildman–Crippen MR) is 167 cm³/mol. The summed E-state index contributed by atoms with van der Waals surface area (Å²) >= 11 is 0. The molecule has 10 unspecified atom stereocenters. The molecule has 56 heavy (non-hydrogen) atoms. The van der Waals surface area contributed by atoms with Crippen molar-refractivity contribution in [2.24, 2.45) is 0 Å². The predicted octanol–water partition coefficient (Wildman–Crippen LogP) is -11.9.